The summed E-state index contributed by atoms with van der Waals surface area (Å²) in [6.07, 6.45) is -0.225. The number of nitrogens with one attached hydrogen (secondary N) is 1. The fraction of sp³-hybridized carbons (Fsp3) is 0.222. The highest BCUT2D eigenvalue weighted by atomic mass is 16.5. The molecule has 1 heterocycles. The van der Waals surface area contributed by atoms with Gasteiger partial charge in [-0.3, -0.25) is 9.59 Å². The Morgan fingerprint density at radius 1 is 0.833 bits per heavy atom. The molecular formula is C27H27N3O6. The van der Waals surface area contributed by atoms with Gasteiger partial charge in [0.05, 0.1) is 33.4 Å². The largest absolute Gasteiger partial charge is 0.497 e. The van der Waals surface area contributed by atoms with E-state index in [0.29, 0.717) is 28.6 Å². The third kappa shape index (κ3) is 5.25. The van der Waals surface area contributed by atoms with E-state index >= 15 is 0 Å². The summed E-state index contributed by atoms with van der Waals surface area (Å²) in [6.45, 7) is 0.135. The average Bonchev–Trinajstić information content (AvgIpc) is 3.12. The monoisotopic (exact) mass is 489 g/mol. The molecule has 1 fully saturated rings. The van der Waals surface area contributed by atoms with Crippen LogP contribution in [0.3, 0.4) is 0 Å². The number of carbonyl (C=O) groups excluding carboxylic acids is 3. The smallest absolute Gasteiger partial charge is 0.332 e. The van der Waals surface area contributed by atoms with Crippen molar-refractivity contribution in [3.63, 3.8) is 0 Å². The number of urea groups is 1. The van der Waals surface area contributed by atoms with Crippen LogP contribution < -0.4 is 24.4 Å². The molecule has 0 bridgehead atoms. The molecule has 9 nitrogen and oxygen atoms in total. The van der Waals surface area contributed by atoms with Crippen LogP contribution in [0.5, 0.6) is 17.2 Å². The standard InChI is InChI=1S/C27H27N3O6/c1-34-21-11-7-8-18(12-21)17-29-24(26(32)30(27(29)33)20-9-5-4-6-10-20)16-25(31)28-19-13-22(35-2)15-23(14-19)36-3/h4-15,24H,16-17H2,1-3H3,(H,28,31). The minimum absolute atomic E-state index is 0.135. The Hall–Kier alpha value is -4.53. The van der Waals surface area contributed by atoms with Crippen molar-refractivity contribution < 1.29 is 28.6 Å². The molecule has 1 saturated heterocycles. The summed E-state index contributed by atoms with van der Waals surface area (Å²) in [7, 11) is 4.58. The van der Waals surface area contributed by atoms with Gasteiger partial charge in [-0.2, -0.15) is 0 Å². The predicted molar refractivity (Wildman–Crippen MR) is 134 cm³/mol. The van der Waals surface area contributed by atoms with Crippen LogP contribution in [0.15, 0.2) is 72.8 Å². The van der Waals surface area contributed by atoms with Gasteiger partial charge in [-0.15, -0.1) is 0 Å². The minimum atomic E-state index is -0.989. The summed E-state index contributed by atoms with van der Waals surface area (Å²) in [5.41, 5.74) is 1.67. The molecule has 4 rings (SSSR count). The first-order valence-electron chi connectivity index (χ1n) is 11.3. The maximum absolute atomic E-state index is 13.4. The fourth-order valence-corrected chi connectivity index (χ4v) is 4.06. The molecular weight excluding hydrogens is 462 g/mol. The molecule has 36 heavy (non-hydrogen) atoms. The van der Waals surface area contributed by atoms with E-state index in [1.54, 1.807) is 67.8 Å². The van der Waals surface area contributed by atoms with E-state index in [0.717, 1.165) is 10.5 Å². The number of nitrogens with zero attached hydrogens (tertiary/aromatic N) is 2. The second kappa shape index (κ2) is 10.8. The van der Waals surface area contributed by atoms with E-state index in [1.165, 1.54) is 19.1 Å². The number of ether oxygens (including phenoxy) is 3. The maximum Gasteiger partial charge on any atom is 0.332 e. The summed E-state index contributed by atoms with van der Waals surface area (Å²) in [5, 5.41) is 2.78. The number of benzene rings is 3. The summed E-state index contributed by atoms with van der Waals surface area (Å²) in [6, 6.07) is 19.4. The number of carbonyl (C=O) groups is 3. The topological polar surface area (TPSA) is 97.4 Å². The first kappa shape index (κ1) is 24.6. The van der Waals surface area contributed by atoms with Gasteiger partial charge >= 0.3 is 6.03 Å². The van der Waals surface area contributed by atoms with Crippen molar-refractivity contribution in [2.75, 3.05) is 31.5 Å². The Kier molecular flexibility index (Phi) is 7.39. The molecule has 4 amide bonds. The third-order valence-electron chi connectivity index (χ3n) is 5.83. The van der Waals surface area contributed by atoms with Crippen molar-refractivity contribution in [3.8, 4) is 17.2 Å². The lowest BCUT2D eigenvalue weighted by atomic mass is 10.1. The van der Waals surface area contributed by atoms with Crippen molar-refractivity contribution in [2.24, 2.45) is 0 Å². The predicted octanol–water partition coefficient (Wildman–Crippen LogP) is 4.08. The Bertz CT molecular complexity index is 1240. The van der Waals surface area contributed by atoms with Gasteiger partial charge in [0, 0.05) is 30.4 Å². The lowest BCUT2D eigenvalue weighted by molar-refractivity contribution is -0.124. The molecule has 0 aromatic heterocycles. The van der Waals surface area contributed by atoms with Crippen molar-refractivity contribution in [3.05, 3.63) is 78.4 Å². The van der Waals surface area contributed by atoms with Crippen LogP contribution in [-0.4, -0.2) is 50.1 Å². The van der Waals surface area contributed by atoms with E-state index in [1.807, 2.05) is 12.1 Å². The summed E-state index contributed by atoms with van der Waals surface area (Å²) >= 11 is 0. The normalized spacial score (nSPS) is 15.1. The molecule has 1 atom stereocenters. The lowest BCUT2D eigenvalue weighted by Crippen LogP contribution is -2.37. The number of amides is 4. The van der Waals surface area contributed by atoms with Gasteiger partial charge in [0.15, 0.2) is 0 Å². The van der Waals surface area contributed by atoms with Gasteiger partial charge in [-0.05, 0) is 29.8 Å². The summed E-state index contributed by atoms with van der Waals surface area (Å²) in [5.74, 6) is 0.750. The summed E-state index contributed by atoms with van der Waals surface area (Å²) in [4.78, 5) is 42.4. The zero-order chi connectivity index (χ0) is 25.7. The van der Waals surface area contributed by atoms with Crippen molar-refractivity contribution in [1.29, 1.82) is 0 Å². The van der Waals surface area contributed by atoms with E-state index in [9.17, 15) is 14.4 Å². The second-order valence-electron chi connectivity index (χ2n) is 8.14. The van der Waals surface area contributed by atoms with Crippen LogP contribution in [0.1, 0.15) is 12.0 Å². The number of para-hydroxylation sites is 1. The Balaban J connectivity index is 1.60. The van der Waals surface area contributed by atoms with Gasteiger partial charge in [0.1, 0.15) is 23.3 Å². The van der Waals surface area contributed by atoms with Crippen molar-refractivity contribution in [1.82, 2.24) is 4.90 Å². The van der Waals surface area contributed by atoms with Crippen molar-refractivity contribution >= 4 is 29.2 Å². The van der Waals surface area contributed by atoms with Crippen LogP contribution in [0.4, 0.5) is 16.2 Å². The highest BCUT2D eigenvalue weighted by Gasteiger charge is 2.46. The molecule has 186 valence electrons. The van der Waals surface area contributed by atoms with E-state index in [2.05, 4.69) is 5.32 Å². The highest BCUT2D eigenvalue weighted by Crippen LogP contribution is 2.30. The third-order valence-corrected chi connectivity index (χ3v) is 5.83. The van der Waals surface area contributed by atoms with E-state index in [4.69, 9.17) is 14.2 Å². The minimum Gasteiger partial charge on any atom is -0.497 e. The zero-order valence-corrected chi connectivity index (χ0v) is 20.3. The second-order valence-corrected chi connectivity index (χ2v) is 8.14. The average molecular weight is 490 g/mol. The van der Waals surface area contributed by atoms with Gasteiger partial charge in [-0.1, -0.05) is 30.3 Å². The maximum atomic E-state index is 13.4. The van der Waals surface area contributed by atoms with Crippen LogP contribution in [-0.2, 0) is 16.1 Å². The van der Waals surface area contributed by atoms with E-state index in [-0.39, 0.29) is 13.0 Å². The van der Waals surface area contributed by atoms with Gasteiger partial charge in [0.25, 0.3) is 5.91 Å². The number of hydrogen-bond donors (Lipinski definition) is 1. The molecule has 1 unspecified atom stereocenters. The first-order chi connectivity index (χ1) is 17.4. The number of imide groups is 1. The zero-order valence-electron chi connectivity index (χ0n) is 20.3. The fourth-order valence-electron chi connectivity index (χ4n) is 4.06. The molecule has 1 N–H and O–H groups in total. The van der Waals surface area contributed by atoms with Crippen molar-refractivity contribution in [2.45, 2.75) is 19.0 Å². The molecule has 9 heteroatoms. The lowest BCUT2D eigenvalue weighted by Gasteiger charge is -2.22. The Morgan fingerprint density at radius 2 is 1.50 bits per heavy atom. The Labute approximate surface area is 209 Å². The first-order valence-corrected chi connectivity index (χ1v) is 11.3. The molecule has 0 radical (unpaired) electrons. The Morgan fingerprint density at radius 3 is 2.14 bits per heavy atom. The number of methoxy groups -OCH3 is 3. The highest BCUT2D eigenvalue weighted by molar-refractivity contribution is 6.22. The van der Waals surface area contributed by atoms with Gasteiger partial charge in [-0.25, -0.2) is 9.69 Å². The molecule has 3 aromatic rings. The number of hydrogen-bond acceptors (Lipinski definition) is 6. The SMILES string of the molecule is COc1cccc(CN2C(=O)N(c3ccccc3)C(=O)C2CC(=O)Nc2cc(OC)cc(OC)c2)c1. The number of anilines is 2. The van der Waals surface area contributed by atoms with Gasteiger partial charge < -0.3 is 24.4 Å². The number of rotatable bonds is 9. The quantitative estimate of drug-likeness (QED) is 0.455. The van der Waals surface area contributed by atoms with Crippen LogP contribution in [0.25, 0.3) is 0 Å². The molecule has 3 aromatic carbocycles. The van der Waals surface area contributed by atoms with E-state index < -0.39 is 23.9 Å². The van der Waals surface area contributed by atoms with Crippen LogP contribution >= 0.6 is 0 Å². The molecule has 0 spiro atoms. The molecule has 0 aliphatic carbocycles. The molecule has 1 aliphatic rings. The molecule has 1 aliphatic heterocycles. The summed E-state index contributed by atoms with van der Waals surface area (Å²) < 4.78 is 15.8. The molecule has 0 saturated carbocycles. The van der Waals surface area contributed by atoms with Crippen LogP contribution in [0, 0.1) is 0 Å². The van der Waals surface area contributed by atoms with Crippen LogP contribution in [0.2, 0.25) is 0 Å². The van der Waals surface area contributed by atoms with Gasteiger partial charge in [0.2, 0.25) is 5.91 Å².